The lowest BCUT2D eigenvalue weighted by molar-refractivity contribution is 0.0697. The molecule has 0 saturated heterocycles. The second-order valence-electron chi connectivity index (χ2n) is 3.93. The van der Waals surface area contributed by atoms with E-state index in [0.29, 0.717) is 24.1 Å². The fourth-order valence-corrected chi connectivity index (χ4v) is 2.17. The number of aromatic nitrogens is 3. The van der Waals surface area contributed by atoms with E-state index >= 15 is 0 Å². The molecule has 0 aliphatic carbocycles. The number of aromatic carboxylic acids is 1. The Kier molecular flexibility index (Phi) is 4.46. The fraction of sp³-hybridized carbons (Fsp3) is 0.250. The summed E-state index contributed by atoms with van der Waals surface area (Å²) >= 11 is 1.49. The second kappa shape index (κ2) is 6.29. The first-order chi connectivity index (χ1) is 9.58. The fourth-order valence-electron chi connectivity index (χ4n) is 1.44. The summed E-state index contributed by atoms with van der Waals surface area (Å²) < 4.78 is 7.21. The van der Waals surface area contributed by atoms with Gasteiger partial charge in [-0.05, 0) is 24.3 Å². The Morgan fingerprint density at radius 1 is 1.40 bits per heavy atom. The molecule has 1 heterocycles. The molecular formula is C12H14N4O3S. The van der Waals surface area contributed by atoms with E-state index in [1.807, 2.05) is 0 Å². The molecular weight excluding hydrogens is 280 g/mol. The van der Waals surface area contributed by atoms with Crippen LogP contribution in [0.1, 0.15) is 10.4 Å². The Bertz CT molecular complexity index is 597. The zero-order valence-electron chi connectivity index (χ0n) is 10.8. The number of ether oxygens (including phenoxy) is 1. The predicted octanol–water partition coefficient (Wildman–Crippen LogP) is 1.27. The lowest BCUT2D eigenvalue weighted by atomic mass is 10.2. The van der Waals surface area contributed by atoms with E-state index in [4.69, 9.17) is 15.6 Å². The number of thioether (sulfide) groups is 1. The maximum absolute atomic E-state index is 10.7. The molecule has 0 atom stereocenters. The highest BCUT2D eigenvalue weighted by atomic mass is 32.2. The van der Waals surface area contributed by atoms with Gasteiger partial charge in [0.15, 0.2) is 5.16 Å². The lowest BCUT2D eigenvalue weighted by Gasteiger charge is -2.06. The van der Waals surface area contributed by atoms with Crippen molar-refractivity contribution in [3.63, 3.8) is 0 Å². The second-order valence-corrected chi connectivity index (χ2v) is 4.99. The number of nitrogens with two attached hydrogens (primary N) is 1. The van der Waals surface area contributed by atoms with Gasteiger partial charge in [0, 0.05) is 12.8 Å². The zero-order chi connectivity index (χ0) is 14.5. The van der Waals surface area contributed by atoms with Crippen LogP contribution < -0.4 is 10.5 Å². The van der Waals surface area contributed by atoms with E-state index in [0.717, 1.165) is 5.16 Å². The molecule has 7 nitrogen and oxygen atoms in total. The van der Waals surface area contributed by atoms with Crippen LogP contribution in [0.3, 0.4) is 0 Å². The molecule has 8 heteroatoms. The Morgan fingerprint density at radius 2 is 2.10 bits per heavy atom. The molecule has 1 aromatic carbocycles. The van der Waals surface area contributed by atoms with Gasteiger partial charge in [0.25, 0.3) is 0 Å². The van der Waals surface area contributed by atoms with E-state index in [2.05, 4.69) is 10.2 Å². The highest BCUT2D eigenvalue weighted by Gasteiger charge is 2.06. The summed E-state index contributed by atoms with van der Waals surface area (Å²) in [5.41, 5.74) is 5.81. The summed E-state index contributed by atoms with van der Waals surface area (Å²) in [6, 6.07) is 6.28. The topological polar surface area (TPSA) is 103 Å². The van der Waals surface area contributed by atoms with Crippen molar-refractivity contribution < 1.29 is 14.6 Å². The SMILES string of the molecule is Cn1c(N)nnc1SCCOc1ccc(C(=O)O)cc1. The summed E-state index contributed by atoms with van der Waals surface area (Å²) in [6.45, 7) is 0.476. The van der Waals surface area contributed by atoms with Gasteiger partial charge in [0.1, 0.15) is 5.75 Å². The van der Waals surface area contributed by atoms with Crippen molar-refractivity contribution >= 4 is 23.7 Å². The molecule has 0 saturated carbocycles. The summed E-state index contributed by atoms with van der Waals surface area (Å²) in [5.74, 6) is 0.741. The quantitative estimate of drug-likeness (QED) is 0.610. The molecule has 0 amide bonds. The third-order valence-electron chi connectivity index (χ3n) is 2.55. The first-order valence-electron chi connectivity index (χ1n) is 5.82. The number of nitrogen functional groups attached to an aromatic ring is 1. The van der Waals surface area contributed by atoms with Gasteiger partial charge >= 0.3 is 5.97 Å². The van der Waals surface area contributed by atoms with E-state index in [-0.39, 0.29) is 5.56 Å². The average Bonchev–Trinajstić information content (AvgIpc) is 2.76. The molecule has 3 N–H and O–H groups in total. The largest absolute Gasteiger partial charge is 0.493 e. The normalized spacial score (nSPS) is 10.4. The van der Waals surface area contributed by atoms with Crippen molar-refractivity contribution in [2.24, 2.45) is 7.05 Å². The number of benzene rings is 1. The summed E-state index contributed by atoms with van der Waals surface area (Å²) in [4.78, 5) is 10.7. The molecule has 0 aliphatic heterocycles. The lowest BCUT2D eigenvalue weighted by Crippen LogP contribution is -2.03. The van der Waals surface area contributed by atoms with Crippen LogP contribution in [0.4, 0.5) is 5.95 Å². The van der Waals surface area contributed by atoms with Crippen molar-refractivity contribution in [1.29, 1.82) is 0 Å². The first-order valence-corrected chi connectivity index (χ1v) is 6.80. The molecule has 1 aromatic heterocycles. The maximum Gasteiger partial charge on any atom is 0.335 e. The average molecular weight is 294 g/mol. The van der Waals surface area contributed by atoms with Crippen LogP contribution in [0.25, 0.3) is 0 Å². The van der Waals surface area contributed by atoms with Gasteiger partial charge < -0.3 is 15.6 Å². The molecule has 0 spiro atoms. The van der Waals surface area contributed by atoms with Gasteiger partial charge in [-0.1, -0.05) is 11.8 Å². The molecule has 106 valence electrons. The predicted molar refractivity (Wildman–Crippen MR) is 75.0 cm³/mol. The van der Waals surface area contributed by atoms with E-state index in [1.165, 1.54) is 23.9 Å². The van der Waals surface area contributed by atoms with Crippen molar-refractivity contribution in [3.05, 3.63) is 29.8 Å². The van der Waals surface area contributed by atoms with Crippen LogP contribution in [-0.4, -0.2) is 38.2 Å². The minimum absolute atomic E-state index is 0.237. The molecule has 0 radical (unpaired) electrons. The number of carboxylic acids is 1. The van der Waals surface area contributed by atoms with Crippen LogP contribution in [0, 0.1) is 0 Å². The molecule has 2 rings (SSSR count). The van der Waals surface area contributed by atoms with Crippen molar-refractivity contribution in [3.8, 4) is 5.75 Å². The third-order valence-corrected chi connectivity index (χ3v) is 3.54. The van der Waals surface area contributed by atoms with E-state index < -0.39 is 5.97 Å². The number of anilines is 1. The summed E-state index contributed by atoms with van der Waals surface area (Å²) in [7, 11) is 1.79. The molecule has 0 aliphatic rings. The Hall–Kier alpha value is -2.22. The third kappa shape index (κ3) is 3.41. The van der Waals surface area contributed by atoms with Gasteiger partial charge in [-0.3, -0.25) is 4.57 Å². The number of nitrogens with zero attached hydrogens (tertiary/aromatic N) is 3. The van der Waals surface area contributed by atoms with Crippen molar-refractivity contribution in [2.45, 2.75) is 5.16 Å². The summed E-state index contributed by atoms with van der Waals surface area (Å²) in [6.07, 6.45) is 0. The van der Waals surface area contributed by atoms with Crippen LogP contribution >= 0.6 is 11.8 Å². The highest BCUT2D eigenvalue weighted by Crippen LogP contribution is 2.17. The van der Waals surface area contributed by atoms with Gasteiger partial charge in [0.2, 0.25) is 5.95 Å². The van der Waals surface area contributed by atoms with Gasteiger partial charge in [-0.25, -0.2) is 4.79 Å². The first kappa shape index (κ1) is 14.2. The van der Waals surface area contributed by atoms with Gasteiger partial charge in [-0.2, -0.15) is 0 Å². The van der Waals surface area contributed by atoms with Crippen LogP contribution in [0.5, 0.6) is 5.75 Å². The number of hydrogen-bond donors (Lipinski definition) is 2. The molecule has 2 aromatic rings. The minimum atomic E-state index is -0.952. The highest BCUT2D eigenvalue weighted by molar-refractivity contribution is 7.99. The molecule has 0 fully saturated rings. The zero-order valence-corrected chi connectivity index (χ0v) is 11.6. The minimum Gasteiger partial charge on any atom is -0.493 e. The monoisotopic (exact) mass is 294 g/mol. The smallest absolute Gasteiger partial charge is 0.335 e. The number of carboxylic acid groups (broad SMARTS) is 1. The van der Waals surface area contributed by atoms with Crippen molar-refractivity contribution in [2.75, 3.05) is 18.1 Å². The van der Waals surface area contributed by atoms with E-state index in [1.54, 1.807) is 23.7 Å². The van der Waals surface area contributed by atoms with Crippen LogP contribution in [-0.2, 0) is 7.05 Å². The van der Waals surface area contributed by atoms with Crippen LogP contribution in [0.15, 0.2) is 29.4 Å². The standard InChI is InChI=1S/C12H14N4O3S/c1-16-11(13)14-15-12(16)20-7-6-19-9-4-2-8(3-5-9)10(17)18/h2-5H,6-7H2,1H3,(H2,13,14)(H,17,18). The van der Waals surface area contributed by atoms with Gasteiger partial charge in [0.05, 0.1) is 12.2 Å². The number of rotatable bonds is 6. The Balaban J connectivity index is 1.78. The van der Waals surface area contributed by atoms with Gasteiger partial charge in [-0.15, -0.1) is 10.2 Å². The van der Waals surface area contributed by atoms with Crippen molar-refractivity contribution in [1.82, 2.24) is 14.8 Å². The number of hydrogen-bond acceptors (Lipinski definition) is 6. The van der Waals surface area contributed by atoms with E-state index in [9.17, 15) is 4.79 Å². The molecule has 20 heavy (non-hydrogen) atoms. The number of carbonyl (C=O) groups is 1. The molecule has 0 unspecified atom stereocenters. The Morgan fingerprint density at radius 3 is 2.65 bits per heavy atom. The molecule has 0 bridgehead atoms. The maximum atomic E-state index is 10.7. The van der Waals surface area contributed by atoms with Crippen LogP contribution in [0.2, 0.25) is 0 Å². The summed E-state index contributed by atoms with van der Waals surface area (Å²) in [5, 5.41) is 17.2. The Labute approximate surface area is 119 Å².